The maximum absolute atomic E-state index is 10.8. The topological polar surface area (TPSA) is 17.1 Å². The number of aldehydes is 1. The van der Waals surface area contributed by atoms with Crippen molar-refractivity contribution < 1.29 is 4.79 Å². The van der Waals surface area contributed by atoms with Gasteiger partial charge in [0, 0.05) is 5.41 Å². The van der Waals surface area contributed by atoms with Gasteiger partial charge in [0.05, 0.1) is 0 Å². The van der Waals surface area contributed by atoms with Gasteiger partial charge in [0.1, 0.15) is 6.29 Å². The summed E-state index contributed by atoms with van der Waals surface area (Å²) in [5.41, 5.74) is 0.235. The Morgan fingerprint density at radius 2 is 2.09 bits per heavy atom. The molecule has 0 aromatic heterocycles. The Balaban J connectivity index is 2.53. The summed E-state index contributed by atoms with van der Waals surface area (Å²) in [5, 5.41) is 0. The molecule has 11 heavy (non-hydrogen) atoms. The number of carbonyl (C=O) groups excluding carboxylic acids is 1. The zero-order valence-electron chi connectivity index (χ0n) is 7.39. The van der Waals surface area contributed by atoms with Gasteiger partial charge in [0.2, 0.25) is 0 Å². The van der Waals surface area contributed by atoms with Crippen LogP contribution in [0, 0.1) is 10.8 Å². The van der Waals surface area contributed by atoms with Gasteiger partial charge < -0.3 is 4.79 Å². The second-order valence-corrected chi connectivity index (χ2v) is 4.16. The highest BCUT2D eigenvalue weighted by molar-refractivity contribution is 5.66. The smallest absolute Gasteiger partial charge is 0.126 e. The lowest BCUT2D eigenvalue weighted by Crippen LogP contribution is -2.09. The first-order chi connectivity index (χ1) is 5.08. The van der Waals surface area contributed by atoms with Crippen molar-refractivity contribution in [3.05, 3.63) is 12.7 Å². The largest absolute Gasteiger partial charge is 0.303 e. The summed E-state index contributed by atoms with van der Waals surface area (Å²) in [4.78, 5) is 10.8. The SMILES string of the molecule is C=CCCC1(C=O)CC1(C)C. The maximum Gasteiger partial charge on any atom is 0.126 e. The summed E-state index contributed by atoms with van der Waals surface area (Å²) in [5.74, 6) is 0. The highest BCUT2D eigenvalue weighted by Gasteiger charge is 2.60. The third-order valence-corrected chi connectivity index (χ3v) is 3.00. The molecular weight excluding hydrogens is 136 g/mol. The van der Waals surface area contributed by atoms with Crippen molar-refractivity contribution in [2.24, 2.45) is 10.8 Å². The van der Waals surface area contributed by atoms with Gasteiger partial charge in [-0.25, -0.2) is 0 Å². The Bertz CT molecular complexity index is 181. The van der Waals surface area contributed by atoms with E-state index in [4.69, 9.17) is 0 Å². The summed E-state index contributed by atoms with van der Waals surface area (Å²) >= 11 is 0. The predicted octanol–water partition coefficient (Wildman–Crippen LogP) is 2.57. The normalized spacial score (nSPS) is 32.9. The van der Waals surface area contributed by atoms with Crippen LogP contribution < -0.4 is 0 Å². The van der Waals surface area contributed by atoms with Crippen LogP contribution in [0.3, 0.4) is 0 Å². The molecule has 0 aromatic carbocycles. The Hall–Kier alpha value is -0.590. The second-order valence-electron chi connectivity index (χ2n) is 4.16. The molecule has 0 aliphatic heterocycles. The summed E-state index contributed by atoms with van der Waals surface area (Å²) in [6.45, 7) is 7.97. The minimum Gasteiger partial charge on any atom is -0.303 e. The van der Waals surface area contributed by atoms with Crippen LogP contribution in [0.2, 0.25) is 0 Å². The molecule has 0 spiro atoms. The molecule has 0 bridgehead atoms. The molecule has 0 aromatic rings. The van der Waals surface area contributed by atoms with Gasteiger partial charge in [0.25, 0.3) is 0 Å². The summed E-state index contributed by atoms with van der Waals surface area (Å²) in [7, 11) is 0. The minimum atomic E-state index is -0.0127. The zero-order chi connectivity index (χ0) is 8.54. The van der Waals surface area contributed by atoms with Gasteiger partial charge in [0.15, 0.2) is 0 Å². The maximum atomic E-state index is 10.8. The van der Waals surface area contributed by atoms with Crippen LogP contribution in [0.1, 0.15) is 33.1 Å². The molecule has 0 amide bonds. The average molecular weight is 152 g/mol. The van der Waals surface area contributed by atoms with Crippen LogP contribution in [0.15, 0.2) is 12.7 Å². The van der Waals surface area contributed by atoms with Crippen molar-refractivity contribution in [2.75, 3.05) is 0 Å². The van der Waals surface area contributed by atoms with E-state index in [0.717, 1.165) is 25.5 Å². The fourth-order valence-corrected chi connectivity index (χ4v) is 1.79. The molecule has 0 saturated heterocycles. The first-order valence-electron chi connectivity index (χ1n) is 4.15. The zero-order valence-corrected chi connectivity index (χ0v) is 7.39. The Morgan fingerprint density at radius 3 is 2.36 bits per heavy atom. The van der Waals surface area contributed by atoms with Crippen LogP contribution in [0.5, 0.6) is 0 Å². The van der Waals surface area contributed by atoms with E-state index in [-0.39, 0.29) is 10.8 Å². The highest BCUT2D eigenvalue weighted by atomic mass is 16.1. The number of hydrogen-bond donors (Lipinski definition) is 0. The molecule has 1 heteroatoms. The highest BCUT2D eigenvalue weighted by Crippen LogP contribution is 2.64. The van der Waals surface area contributed by atoms with Crippen molar-refractivity contribution in [3.8, 4) is 0 Å². The lowest BCUT2D eigenvalue weighted by molar-refractivity contribution is -0.113. The van der Waals surface area contributed by atoms with Crippen LogP contribution in [-0.4, -0.2) is 6.29 Å². The van der Waals surface area contributed by atoms with Gasteiger partial charge >= 0.3 is 0 Å². The molecule has 1 nitrogen and oxygen atoms in total. The third-order valence-electron chi connectivity index (χ3n) is 3.00. The first-order valence-corrected chi connectivity index (χ1v) is 4.15. The minimum absolute atomic E-state index is 0.0127. The predicted molar refractivity (Wildman–Crippen MR) is 46.3 cm³/mol. The molecule has 1 fully saturated rings. The van der Waals surface area contributed by atoms with E-state index in [9.17, 15) is 4.79 Å². The molecule has 1 aliphatic rings. The van der Waals surface area contributed by atoms with E-state index in [0.29, 0.717) is 0 Å². The van der Waals surface area contributed by atoms with E-state index < -0.39 is 0 Å². The molecule has 0 radical (unpaired) electrons. The van der Waals surface area contributed by atoms with Crippen molar-refractivity contribution in [3.63, 3.8) is 0 Å². The Kier molecular flexibility index (Phi) is 1.91. The lowest BCUT2D eigenvalue weighted by atomic mass is 9.92. The van der Waals surface area contributed by atoms with Gasteiger partial charge in [-0.05, 0) is 24.7 Å². The van der Waals surface area contributed by atoms with Crippen molar-refractivity contribution in [1.82, 2.24) is 0 Å². The van der Waals surface area contributed by atoms with Gasteiger partial charge in [-0.15, -0.1) is 6.58 Å². The fourth-order valence-electron chi connectivity index (χ4n) is 1.79. The number of rotatable bonds is 4. The van der Waals surface area contributed by atoms with E-state index >= 15 is 0 Å². The number of allylic oxidation sites excluding steroid dienone is 1. The van der Waals surface area contributed by atoms with Crippen molar-refractivity contribution in [1.29, 1.82) is 0 Å². The fraction of sp³-hybridized carbons (Fsp3) is 0.700. The summed E-state index contributed by atoms with van der Waals surface area (Å²) < 4.78 is 0. The molecule has 1 aliphatic carbocycles. The summed E-state index contributed by atoms with van der Waals surface area (Å²) in [6.07, 6.45) is 6.02. The molecular formula is C10H16O. The Morgan fingerprint density at radius 1 is 1.55 bits per heavy atom. The van der Waals surface area contributed by atoms with Crippen LogP contribution in [0.25, 0.3) is 0 Å². The molecule has 1 atom stereocenters. The monoisotopic (exact) mass is 152 g/mol. The second kappa shape index (κ2) is 2.47. The van der Waals surface area contributed by atoms with E-state index in [1.165, 1.54) is 0 Å². The molecule has 1 unspecified atom stereocenters. The van der Waals surface area contributed by atoms with E-state index in [1.54, 1.807) is 0 Å². The van der Waals surface area contributed by atoms with E-state index in [2.05, 4.69) is 20.4 Å². The van der Waals surface area contributed by atoms with Gasteiger partial charge in [-0.1, -0.05) is 19.9 Å². The van der Waals surface area contributed by atoms with Crippen molar-refractivity contribution in [2.45, 2.75) is 33.1 Å². The molecule has 0 N–H and O–H groups in total. The molecule has 0 heterocycles. The lowest BCUT2D eigenvalue weighted by Gasteiger charge is -2.10. The van der Waals surface area contributed by atoms with Gasteiger partial charge in [-0.2, -0.15) is 0 Å². The standard InChI is InChI=1S/C10H16O/c1-4-5-6-10(8-11)7-9(10,2)3/h4,8H,1,5-7H2,2-3H3. The van der Waals surface area contributed by atoms with E-state index in [1.807, 2.05) is 6.08 Å². The van der Waals surface area contributed by atoms with Crippen LogP contribution >= 0.6 is 0 Å². The molecule has 1 rings (SSSR count). The average Bonchev–Trinajstić information content (AvgIpc) is 2.50. The van der Waals surface area contributed by atoms with Crippen molar-refractivity contribution >= 4 is 6.29 Å². The third kappa shape index (κ3) is 1.24. The molecule has 1 saturated carbocycles. The Labute approximate surface area is 68.5 Å². The van der Waals surface area contributed by atoms with Gasteiger partial charge in [-0.3, -0.25) is 0 Å². The number of carbonyl (C=O) groups is 1. The van der Waals surface area contributed by atoms with Crippen LogP contribution in [-0.2, 0) is 4.79 Å². The summed E-state index contributed by atoms with van der Waals surface area (Å²) in [6, 6.07) is 0. The quantitative estimate of drug-likeness (QED) is 0.447. The first kappa shape index (κ1) is 8.51. The molecule has 62 valence electrons. The van der Waals surface area contributed by atoms with Crippen LogP contribution in [0.4, 0.5) is 0 Å². The number of hydrogen-bond acceptors (Lipinski definition) is 1.